The van der Waals surface area contributed by atoms with Crippen molar-refractivity contribution in [3.05, 3.63) is 51.5 Å². The summed E-state index contributed by atoms with van der Waals surface area (Å²) in [6, 6.07) is 7.19. The zero-order chi connectivity index (χ0) is 17.1. The van der Waals surface area contributed by atoms with Crippen molar-refractivity contribution in [3.63, 3.8) is 0 Å². The number of nitrogens with one attached hydrogen (secondary N) is 2. The molecule has 0 spiro atoms. The monoisotopic (exact) mass is 345 g/mol. The Hall–Kier alpha value is -1.92. The van der Waals surface area contributed by atoms with Crippen molar-refractivity contribution in [2.45, 2.75) is 44.8 Å². The van der Waals surface area contributed by atoms with Crippen LogP contribution < -0.4 is 10.6 Å². The van der Waals surface area contributed by atoms with Crippen molar-refractivity contribution in [1.82, 2.24) is 15.6 Å². The molecule has 1 heterocycles. The molecule has 0 unspecified atom stereocenters. The fraction of sp³-hybridized carbons (Fsp3) is 0.444. The number of thiazole rings is 1. The summed E-state index contributed by atoms with van der Waals surface area (Å²) in [6.07, 6.45) is 1.74. The van der Waals surface area contributed by atoms with Gasteiger partial charge in [0.05, 0.1) is 22.8 Å². The van der Waals surface area contributed by atoms with E-state index in [1.807, 2.05) is 43.5 Å². The van der Waals surface area contributed by atoms with Gasteiger partial charge in [-0.15, -0.1) is 11.3 Å². The number of aliphatic hydroxyl groups excluding tert-OH is 1. The number of carbonyl (C=O) groups is 1. The predicted molar refractivity (Wildman–Crippen MR) is 95.2 cm³/mol. The van der Waals surface area contributed by atoms with Gasteiger partial charge in [-0.05, 0) is 32.3 Å². The normalized spacial score (nSPS) is 16.5. The van der Waals surface area contributed by atoms with Crippen molar-refractivity contribution < 1.29 is 9.90 Å². The Kier molecular flexibility index (Phi) is 5.16. The number of hydrogen-bond donors (Lipinski definition) is 3. The van der Waals surface area contributed by atoms with Gasteiger partial charge in [0.1, 0.15) is 0 Å². The number of aliphatic hydroxyl groups is 1. The molecule has 1 aromatic heterocycles. The fourth-order valence-electron chi connectivity index (χ4n) is 2.43. The number of hydrogen-bond acceptors (Lipinski definition) is 4. The molecule has 2 amide bonds. The van der Waals surface area contributed by atoms with Crippen LogP contribution in [0.3, 0.4) is 0 Å². The van der Waals surface area contributed by atoms with Crippen molar-refractivity contribution in [1.29, 1.82) is 0 Å². The minimum absolute atomic E-state index is 0.148. The minimum atomic E-state index is -0.715. The van der Waals surface area contributed by atoms with E-state index in [4.69, 9.17) is 0 Å². The maximum Gasteiger partial charge on any atom is 0.315 e. The summed E-state index contributed by atoms with van der Waals surface area (Å²) in [5.41, 5.74) is 2.83. The smallest absolute Gasteiger partial charge is 0.315 e. The Balaban J connectivity index is 1.46. The summed E-state index contributed by atoms with van der Waals surface area (Å²) in [7, 11) is 0. The van der Waals surface area contributed by atoms with E-state index in [1.165, 1.54) is 17.8 Å². The van der Waals surface area contributed by atoms with Crippen LogP contribution in [0, 0.1) is 6.92 Å². The number of urea groups is 1. The van der Waals surface area contributed by atoms with Crippen LogP contribution in [0.2, 0.25) is 0 Å². The molecule has 1 fully saturated rings. The summed E-state index contributed by atoms with van der Waals surface area (Å²) in [5, 5.41) is 18.9. The molecule has 128 valence electrons. The summed E-state index contributed by atoms with van der Waals surface area (Å²) >= 11 is 1.67. The highest BCUT2D eigenvalue weighted by Gasteiger charge is 2.27. The highest BCUT2D eigenvalue weighted by molar-refractivity contribution is 7.09. The highest BCUT2D eigenvalue weighted by atomic mass is 32.1. The summed E-state index contributed by atoms with van der Waals surface area (Å²) < 4.78 is 0. The third kappa shape index (κ3) is 4.33. The molecule has 3 rings (SSSR count). The second-order valence-electron chi connectivity index (χ2n) is 6.39. The molecule has 0 saturated heterocycles. The van der Waals surface area contributed by atoms with Crippen molar-refractivity contribution in [2.24, 2.45) is 0 Å². The number of rotatable bonds is 6. The molecule has 0 aliphatic heterocycles. The van der Waals surface area contributed by atoms with E-state index in [-0.39, 0.29) is 18.6 Å². The number of carbonyl (C=O) groups excluding carboxylic acids is 1. The molecule has 1 aromatic carbocycles. The molecule has 1 aliphatic rings. The lowest BCUT2D eigenvalue weighted by Gasteiger charge is -2.15. The lowest BCUT2D eigenvalue weighted by atomic mass is 10.1. The first-order valence-corrected chi connectivity index (χ1v) is 9.15. The second-order valence-corrected chi connectivity index (χ2v) is 7.28. The van der Waals surface area contributed by atoms with E-state index in [0.717, 1.165) is 16.8 Å². The van der Waals surface area contributed by atoms with E-state index >= 15 is 0 Å². The molecule has 1 aliphatic carbocycles. The SMILES string of the molecule is Cc1ccc([C@@H](O)CNC(=O)N[C@H](C)c2csc(C3CC3)n2)cc1. The van der Waals surface area contributed by atoms with Crippen LogP contribution in [-0.2, 0) is 0 Å². The van der Waals surface area contributed by atoms with Crippen LogP contribution in [0.4, 0.5) is 4.79 Å². The molecule has 6 heteroatoms. The van der Waals surface area contributed by atoms with Gasteiger partial charge in [-0.25, -0.2) is 9.78 Å². The molecular formula is C18H23N3O2S. The van der Waals surface area contributed by atoms with Gasteiger partial charge in [-0.3, -0.25) is 0 Å². The number of aryl methyl sites for hydroxylation is 1. The van der Waals surface area contributed by atoms with Crippen LogP contribution in [0.25, 0.3) is 0 Å². The molecule has 5 nitrogen and oxygen atoms in total. The Morgan fingerprint density at radius 3 is 2.75 bits per heavy atom. The zero-order valence-electron chi connectivity index (χ0n) is 14.0. The molecule has 3 N–H and O–H groups in total. The third-order valence-electron chi connectivity index (χ3n) is 4.18. The summed E-state index contributed by atoms with van der Waals surface area (Å²) in [6.45, 7) is 4.09. The number of aromatic nitrogens is 1. The topological polar surface area (TPSA) is 74.2 Å². The lowest BCUT2D eigenvalue weighted by molar-refractivity contribution is 0.172. The van der Waals surface area contributed by atoms with E-state index in [1.54, 1.807) is 11.3 Å². The van der Waals surface area contributed by atoms with Crippen molar-refractivity contribution in [3.8, 4) is 0 Å². The predicted octanol–water partition coefficient (Wildman–Crippen LogP) is 3.42. The van der Waals surface area contributed by atoms with E-state index in [0.29, 0.717) is 5.92 Å². The fourth-order valence-corrected chi connectivity index (χ4v) is 3.52. The van der Waals surface area contributed by atoms with Crippen LogP contribution in [-0.4, -0.2) is 22.7 Å². The molecular weight excluding hydrogens is 322 g/mol. The van der Waals surface area contributed by atoms with E-state index < -0.39 is 6.10 Å². The van der Waals surface area contributed by atoms with Gasteiger partial charge in [-0.1, -0.05) is 29.8 Å². The number of amides is 2. The van der Waals surface area contributed by atoms with E-state index in [2.05, 4.69) is 15.6 Å². The first kappa shape index (κ1) is 16.9. The lowest BCUT2D eigenvalue weighted by Crippen LogP contribution is -2.39. The van der Waals surface area contributed by atoms with Gasteiger partial charge in [0, 0.05) is 17.8 Å². The van der Waals surface area contributed by atoms with Gasteiger partial charge < -0.3 is 15.7 Å². The zero-order valence-corrected chi connectivity index (χ0v) is 14.8. The summed E-state index contributed by atoms with van der Waals surface area (Å²) in [4.78, 5) is 16.6. The maximum atomic E-state index is 12.0. The highest BCUT2D eigenvalue weighted by Crippen LogP contribution is 2.41. The minimum Gasteiger partial charge on any atom is -0.387 e. The van der Waals surface area contributed by atoms with Gasteiger partial charge in [-0.2, -0.15) is 0 Å². The molecule has 24 heavy (non-hydrogen) atoms. The van der Waals surface area contributed by atoms with Crippen LogP contribution >= 0.6 is 11.3 Å². The first-order valence-electron chi connectivity index (χ1n) is 8.27. The largest absolute Gasteiger partial charge is 0.387 e. The average Bonchev–Trinajstić information content (AvgIpc) is 3.30. The Morgan fingerprint density at radius 1 is 1.38 bits per heavy atom. The molecule has 0 bridgehead atoms. The summed E-state index contributed by atoms with van der Waals surface area (Å²) in [5.74, 6) is 0.634. The standard InChI is InChI=1S/C18H23N3O2S/c1-11-3-5-13(6-4-11)16(22)9-19-18(23)20-12(2)15-10-24-17(21-15)14-7-8-14/h3-6,10,12,14,16,22H,7-9H2,1-2H3,(H2,19,20,23)/t12-,16+/m1/s1. The number of nitrogens with zero attached hydrogens (tertiary/aromatic N) is 1. The quantitative estimate of drug-likeness (QED) is 0.751. The van der Waals surface area contributed by atoms with Gasteiger partial charge >= 0.3 is 6.03 Å². The third-order valence-corrected chi connectivity index (χ3v) is 5.20. The van der Waals surface area contributed by atoms with Crippen LogP contribution in [0.5, 0.6) is 0 Å². The molecule has 0 radical (unpaired) electrons. The van der Waals surface area contributed by atoms with Gasteiger partial charge in [0.25, 0.3) is 0 Å². The van der Waals surface area contributed by atoms with Crippen LogP contribution in [0.15, 0.2) is 29.6 Å². The van der Waals surface area contributed by atoms with Crippen molar-refractivity contribution in [2.75, 3.05) is 6.54 Å². The average molecular weight is 345 g/mol. The Bertz CT molecular complexity index is 695. The van der Waals surface area contributed by atoms with Crippen molar-refractivity contribution >= 4 is 17.4 Å². The van der Waals surface area contributed by atoms with Gasteiger partial charge in [0.2, 0.25) is 0 Å². The van der Waals surface area contributed by atoms with Gasteiger partial charge in [0.15, 0.2) is 0 Å². The maximum absolute atomic E-state index is 12.0. The van der Waals surface area contributed by atoms with Crippen LogP contribution in [0.1, 0.15) is 59.7 Å². The molecule has 2 atom stereocenters. The Morgan fingerprint density at radius 2 is 2.08 bits per heavy atom. The first-order chi connectivity index (χ1) is 11.5. The number of benzene rings is 1. The molecule has 2 aromatic rings. The molecule has 1 saturated carbocycles. The van der Waals surface area contributed by atoms with E-state index in [9.17, 15) is 9.90 Å². The Labute approximate surface area is 146 Å². The second kappa shape index (κ2) is 7.32.